The van der Waals surface area contributed by atoms with Gasteiger partial charge in [0.1, 0.15) is 0 Å². The third kappa shape index (κ3) is 2.93. The van der Waals surface area contributed by atoms with Crippen LogP contribution in [-0.2, 0) is 13.5 Å². The van der Waals surface area contributed by atoms with Crippen molar-refractivity contribution in [3.05, 3.63) is 94.4 Å². The number of allylic oxidation sites excluding steroid dienone is 1. The Balaban J connectivity index is 1.65. The molecule has 6 heteroatoms. The van der Waals surface area contributed by atoms with Gasteiger partial charge in [-0.3, -0.25) is 14.5 Å². The molecule has 0 saturated carbocycles. The summed E-state index contributed by atoms with van der Waals surface area (Å²) in [6.45, 7) is 0. The van der Waals surface area contributed by atoms with Gasteiger partial charge in [0.25, 0.3) is 0 Å². The van der Waals surface area contributed by atoms with Crippen LogP contribution in [0.3, 0.4) is 0 Å². The van der Waals surface area contributed by atoms with E-state index in [4.69, 9.17) is 0 Å². The maximum absolute atomic E-state index is 12.8. The molecule has 0 unspecified atom stereocenters. The second kappa shape index (κ2) is 6.98. The monoisotopic (exact) mass is 391 g/mol. The van der Waals surface area contributed by atoms with Crippen molar-refractivity contribution in [1.29, 1.82) is 5.26 Å². The third-order valence-electron chi connectivity index (χ3n) is 5.25. The highest BCUT2D eigenvalue weighted by Gasteiger charge is 2.16. The maximum Gasteiger partial charge on any atom is 0.333 e. The van der Waals surface area contributed by atoms with E-state index < -0.39 is 0 Å². The van der Waals surface area contributed by atoms with E-state index in [9.17, 15) is 10.1 Å². The van der Waals surface area contributed by atoms with Crippen LogP contribution < -0.4 is 5.69 Å². The summed E-state index contributed by atoms with van der Waals surface area (Å²) in [6.07, 6.45) is 10.4. The van der Waals surface area contributed by atoms with Gasteiger partial charge in [0.2, 0.25) is 0 Å². The molecule has 0 radical (unpaired) electrons. The minimum absolute atomic E-state index is 0.198. The number of nitriles is 1. The van der Waals surface area contributed by atoms with Gasteiger partial charge in [0, 0.05) is 37.6 Å². The highest BCUT2D eigenvalue weighted by Crippen LogP contribution is 2.28. The molecule has 6 nitrogen and oxygen atoms in total. The van der Waals surface area contributed by atoms with Gasteiger partial charge in [-0.25, -0.2) is 4.79 Å². The second-order valence-electron chi connectivity index (χ2n) is 7.20. The largest absolute Gasteiger partial charge is 0.333 e. The van der Waals surface area contributed by atoms with Crippen LogP contribution in [0.15, 0.2) is 71.9 Å². The Morgan fingerprint density at radius 1 is 1.10 bits per heavy atom. The van der Waals surface area contributed by atoms with Crippen molar-refractivity contribution in [3.8, 4) is 34.3 Å². The van der Waals surface area contributed by atoms with E-state index in [2.05, 4.69) is 34.3 Å². The zero-order valence-electron chi connectivity index (χ0n) is 16.3. The van der Waals surface area contributed by atoms with Crippen LogP contribution >= 0.6 is 0 Å². The molecule has 0 bridgehead atoms. The van der Waals surface area contributed by atoms with Crippen LogP contribution in [-0.4, -0.2) is 19.1 Å². The first-order valence-corrected chi connectivity index (χ1v) is 9.55. The van der Waals surface area contributed by atoms with Crippen molar-refractivity contribution in [3.63, 3.8) is 0 Å². The molecule has 3 aromatic heterocycles. The molecule has 0 N–H and O–H groups in total. The van der Waals surface area contributed by atoms with Crippen LogP contribution in [0.2, 0.25) is 0 Å². The van der Waals surface area contributed by atoms with Crippen LogP contribution in [0.5, 0.6) is 0 Å². The normalized spacial score (nSPS) is 12.0. The third-order valence-corrected chi connectivity index (χ3v) is 5.25. The highest BCUT2D eigenvalue weighted by molar-refractivity contribution is 5.72. The SMILES string of the molecule is Cn1cc(-c2cc(-c3cnc4c(c3)C=CC4)ccn2)n(-c2cccc(C#N)c2)c1=O. The fraction of sp³-hybridized carbons (Fsp3) is 0.0833. The van der Waals surface area contributed by atoms with Crippen LogP contribution in [0.1, 0.15) is 16.8 Å². The predicted molar refractivity (Wildman–Crippen MR) is 115 cm³/mol. The number of aromatic nitrogens is 4. The number of imidazole rings is 1. The summed E-state index contributed by atoms with van der Waals surface area (Å²) in [5.74, 6) is 0. The van der Waals surface area contributed by atoms with Gasteiger partial charge >= 0.3 is 5.69 Å². The van der Waals surface area contributed by atoms with Gasteiger partial charge in [-0.1, -0.05) is 18.2 Å². The Labute approximate surface area is 173 Å². The van der Waals surface area contributed by atoms with E-state index in [1.807, 2.05) is 24.4 Å². The number of aryl methyl sites for hydroxylation is 1. The van der Waals surface area contributed by atoms with E-state index in [1.54, 1.807) is 42.2 Å². The minimum Gasteiger partial charge on any atom is -0.301 e. The molecule has 0 fully saturated rings. The molecule has 4 aromatic rings. The molecule has 3 heterocycles. The maximum atomic E-state index is 12.8. The number of fused-ring (bicyclic) bond motifs is 1. The Morgan fingerprint density at radius 2 is 2.00 bits per heavy atom. The first-order valence-electron chi connectivity index (χ1n) is 9.55. The fourth-order valence-electron chi connectivity index (χ4n) is 3.73. The molecule has 0 spiro atoms. The first-order chi connectivity index (χ1) is 14.6. The molecule has 1 aromatic carbocycles. The lowest BCUT2D eigenvalue weighted by Crippen LogP contribution is -2.21. The van der Waals surface area contributed by atoms with Gasteiger partial charge in [-0.2, -0.15) is 5.26 Å². The van der Waals surface area contributed by atoms with Crippen LogP contribution in [0.25, 0.3) is 34.3 Å². The summed E-state index contributed by atoms with van der Waals surface area (Å²) in [7, 11) is 1.71. The lowest BCUT2D eigenvalue weighted by atomic mass is 10.0. The van der Waals surface area contributed by atoms with Crippen molar-refractivity contribution in [1.82, 2.24) is 19.1 Å². The van der Waals surface area contributed by atoms with Gasteiger partial charge in [0.15, 0.2) is 0 Å². The van der Waals surface area contributed by atoms with E-state index in [-0.39, 0.29) is 5.69 Å². The van der Waals surface area contributed by atoms with Crippen molar-refractivity contribution in [2.24, 2.45) is 7.05 Å². The van der Waals surface area contributed by atoms with Gasteiger partial charge in [-0.05, 0) is 47.5 Å². The fourth-order valence-corrected chi connectivity index (χ4v) is 3.73. The molecule has 0 atom stereocenters. The number of pyridine rings is 2. The standard InChI is InChI=1S/C24H17N5O/c1-28-15-23(29(24(28)30)20-6-2-4-16(10-20)13-25)22-12-17(8-9-26-22)19-11-18-5-3-7-21(18)27-14-19/h2-6,8-12,14-15H,7H2,1H3. The molecule has 0 saturated heterocycles. The zero-order chi connectivity index (χ0) is 20.7. The zero-order valence-corrected chi connectivity index (χ0v) is 16.3. The number of rotatable bonds is 3. The first kappa shape index (κ1) is 17.8. The topological polar surface area (TPSA) is 76.5 Å². The summed E-state index contributed by atoms with van der Waals surface area (Å²) in [6, 6.07) is 15.1. The second-order valence-corrected chi connectivity index (χ2v) is 7.20. The summed E-state index contributed by atoms with van der Waals surface area (Å²) in [5.41, 5.74) is 6.45. The number of nitrogens with zero attached hydrogens (tertiary/aromatic N) is 5. The van der Waals surface area contributed by atoms with Crippen molar-refractivity contribution in [2.75, 3.05) is 0 Å². The van der Waals surface area contributed by atoms with E-state index in [0.717, 1.165) is 28.8 Å². The Morgan fingerprint density at radius 3 is 2.87 bits per heavy atom. The van der Waals surface area contributed by atoms with E-state index in [1.165, 1.54) is 4.57 Å². The van der Waals surface area contributed by atoms with Crippen molar-refractivity contribution >= 4 is 6.08 Å². The minimum atomic E-state index is -0.198. The molecule has 30 heavy (non-hydrogen) atoms. The van der Waals surface area contributed by atoms with Gasteiger partial charge < -0.3 is 4.57 Å². The number of benzene rings is 1. The number of hydrogen-bond acceptors (Lipinski definition) is 4. The highest BCUT2D eigenvalue weighted by atomic mass is 16.1. The average molecular weight is 391 g/mol. The van der Waals surface area contributed by atoms with Gasteiger partial charge in [-0.15, -0.1) is 0 Å². The van der Waals surface area contributed by atoms with Gasteiger partial charge in [0.05, 0.1) is 34.4 Å². The quantitative estimate of drug-likeness (QED) is 0.533. The molecule has 144 valence electrons. The lowest BCUT2D eigenvalue weighted by Gasteiger charge is -2.09. The molecule has 0 aliphatic heterocycles. The van der Waals surface area contributed by atoms with E-state index >= 15 is 0 Å². The summed E-state index contributed by atoms with van der Waals surface area (Å²) < 4.78 is 3.10. The Hall–Kier alpha value is -4.24. The molecule has 1 aliphatic carbocycles. The Kier molecular flexibility index (Phi) is 4.15. The van der Waals surface area contributed by atoms with Crippen LogP contribution in [0, 0.1) is 11.3 Å². The predicted octanol–water partition coefficient (Wildman–Crippen LogP) is 3.74. The molecular formula is C24H17N5O. The molecule has 0 amide bonds. The summed E-state index contributed by atoms with van der Waals surface area (Å²) in [4.78, 5) is 21.9. The molecule has 5 rings (SSSR count). The molecule has 1 aliphatic rings. The smallest absolute Gasteiger partial charge is 0.301 e. The van der Waals surface area contributed by atoms with E-state index in [0.29, 0.717) is 22.6 Å². The Bertz CT molecular complexity index is 1420. The number of hydrogen-bond donors (Lipinski definition) is 0. The van der Waals surface area contributed by atoms with Crippen molar-refractivity contribution < 1.29 is 0 Å². The average Bonchev–Trinajstić information content (AvgIpc) is 3.37. The summed E-state index contributed by atoms with van der Waals surface area (Å²) >= 11 is 0. The lowest BCUT2D eigenvalue weighted by molar-refractivity contribution is 0.824. The molecular weight excluding hydrogens is 374 g/mol. The summed E-state index contributed by atoms with van der Waals surface area (Å²) in [5, 5.41) is 9.23. The van der Waals surface area contributed by atoms with Crippen molar-refractivity contribution in [2.45, 2.75) is 6.42 Å². The van der Waals surface area contributed by atoms with Crippen LogP contribution in [0.4, 0.5) is 0 Å².